The predicted molar refractivity (Wildman–Crippen MR) is 88.5 cm³/mol. The van der Waals surface area contributed by atoms with E-state index in [0.717, 1.165) is 37.3 Å². The van der Waals surface area contributed by atoms with Gasteiger partial charge in [-0.25, -0.2) is 4.98 Å². The summed E-state index contributed by atoms with van der Waals surface area (Å²) < 4.78 is 11.3. The lowest BCUT2D eigenvalue weighted by molar-refractivity contribution is -0.384. The number of nitro groups is 1. The van der Waals surface area contributed by atoms with E-state index in [1.165, 1.54) is 18.6 Å². The average Bonchev–Trinajstić information content (AvgIpc) is 3.04. The van der Waals surface area contributed by atoms with Crippen LogP contribution < -0.4 is 0 Å². The number of nitrogens with zero attached hydrogens (tertiary/aromatic N) is 3. The van der Waals surface area contributed by atoms with Gasteiger partial charge in [-0.3, -0.25) is 15.0 Å². The van der Waals surface area contributed by atoms with Crippen LogP contribution in [0.15, 0.2) is 34.9 Å². The highest BCUT2D eigenvalue weighted by molar-refractivity contribution is 5.55. The van der Waals surface area contributed by atoms with Gasteiger partial charge in [0, 0.05) is 37.4 Å². The first kappa shape index (κ1) is 16.6. The number of oxazole rings is 1. The summed E-state index contributed by atoms with van der Waals surface area (Å²) >= 11 is 0. The summed E-state index contributed by atoms with van der Waals surface area (Å²) in [5.74, 6) is 0.474. The Morgan fingerprint density at radius 1 is 1.33 bits per heavy atom. The van der Waals surface area contributed by atoms with E-state index in [2.05, 4.69) is 9.88 Å². The lowest BCUT2D eigenvalue weighted by Crippen LogP contribution is -2.33. The number of benzene rings is 1. The second-order valence-electron chi connectivity index (χ2n) is 6.13. The molecule has 3 rings (SSSR count). The molecule has 0 saturated carbocycles. The smallest absolute Gasteiger partial charge is 0.269 e. The van der Waals surface area contributed by atoms with Gasteiger partial charge in [-0.2, -0.15) is 0 Å². The molecule has 1 saturated heterocycles. The highest BCUT2D eigenvalue weighted by Crippen LogP contribution is 2.22. The van der Waals surface area contributed by atoms with Crippen molar-refractivity contribution in [2.45, 2.75) is 31.9 Å². The monoisotopic (exact) mass is 331 g/mol. The lowest BCUT2D eigenvalue weighted by Gasteiger charge is -2.26. The maximum Gasteiger partial charge on any atom is 0.269 e. The van der Waals surface area contributed by atoms with Gasteiger partial charge in [-0.05, 0) is 38.4 Å². The van der Waals surface area contributed by atoms with Crippen molar-refractivity contribution in [2.75, 3.05) is 20.2 Å². The molecular formula is C17H21N3O4. The van der Waals surface area contributed by atoms with Gasteiger partial charge in [0.1, 0.15) is 6.26 Å². The molecule has 1 aromatic heterocycles. The molecule has 0 radical (unpaired) electrons. The van der Waals surface area contributed by atoms with Crippen molar-refractivity contribution in [1.82, 2.24) is 9.88 Å². The largest absolute Gasteiger partial charge is 0.444 e. The van der Waals surface area contributed by atoms with Gasteiger partial charge in [0.2, 0.25) is 5.89 Å². The van der Waals surface area contributed by atoms with Gasteiger partial charge >= 0.3 is 0 Å². The van der Waals surface area contributed by atoms with Crippen LogP contribution in [0.25, 0.3) is 11.5 Å². The van der Waals surface area contributed by atoms with E-state index in [9.17, 15) is 10.1 Å². The van der Waals surface area contributed by atoms with Gasteiger partial charge in [0.15, 0.2) is 0 Å². The van der Waals surface area contributed by atoms with Crippen LogP contribution in [-0.2, 0) is 11.3 Å². The molecule has 128 valence electrons. The Morgan fingerprint density at radius 3 is 2.79 bits per heavy atom. The molecule has 0 spiro atoms. The molecule has 1 aliphatic heterocycles. The van der Waals surface area contributed by atoms with Gasteiger partial charge in [0.25, 0.3) is 5.69 Å². The van der Waals surface area contributed by atoms with Crippen LogP contribution in [0.3, 0.4) is 0 Å². The first-order chi connectivity index (χ1) is 11.6. The number of ether oxygens (including phenoxy) is 1. The Labute approximate surface area is 140 Å². The van der Waals surface area contributed by atoms with E-state index in [-0.39, 0.29) is 5.69 Å². The Bertz CT molecular complexity index is 677. The standard InChI is InChI=1S/C17H21N3O4/c1-19(11-16-4-2-3-9-23-16)10-14-12-24-17(18-14)13-5-7-15(8-6-13)20(21)22/h5-8,12,16H,2-4,9-11H2,1H3. The lowest BCUT2D eigenvalue weighted by atomic mass is 10.1. The first-order valence-corrected chi connectivity index (χ1v) is 8.11. The summed E-state index contributed by atoms with van der Waals surface area (Å²) in [6.45, 7) is 2.41. The zero-order valence-electron chi connectivity index (χ0n) is 13.7. The van der Waals surface area contributed by atoms with Crippen LogP contribution in [0.1, 0.15) is 25.0 Å². The third kappa shape index (κ3) is 4.18. The van der Waals surface area contributed by atoms with E-state index in [1.807, 2.05) is 7.05 Å². The second kappa shape index (κ2) is 7.55. The summed E-state index contributed by atoms with van der Waals surface area (Å²) in [6, 6.07) is 6.19. The molecule has 1 aliphatic rings. The molecule has 1 fully saturated rings. The van der Waals surface area contributed by atoms with Crippen LogP contribution >= 0.6 is 0 Å². The number of non-ortho nitro benzene ring substituents is 1. The maximum atomic E-state index is 10.7. The maximum absolute atomic E-state index is 10.7. The normalized spacial score (nSPS) is 18.0. The SMILES string of the molecule is CN(Cc1coc(-c2ccc([N+](=O)[O-])cc2)n1)CC1CCCCO1. The minimum Gasteiger partial charge on any atom is -0.444 e. The summed E-state index contributed by atoms with van der Waals surface area (Å²) in [6.07, 6.45) is 5.42. The molecule has 0 N–H and O–H groups in total. The molecule has 0 amide bonds. The van der Waals surface area contributed by atoms with E-state index in [0.29, 0.717) is 18.5 Å². The number of likely N-dealkylation sites (N-methyl/N-ethyl adjacent to an activating group) is 1. The van der Waals surface area contributed by atoms with E-state index >= 15 is 0 Å². The molecule has 7 nitrogen and oxygen atoms in total. The van der Waals surface area contributed by atoms with Crippen molar-refractivity contribution in [2.24, 2.45) is 0 Å². The fourth-order valence-corrected chi connectivity index (χ4v) is 2.88. The molecule has 2 aromatic rings. The van der Waals surface area contributed by atoms with Crippen LogP contribution in [0.5, 0.6) is 0 Å². The van der Waals surface area contributed by atoms with Crippen molar-refractivity contribution in [3.8, 4) is 11.5 Å². The van der Waals surface area contributed by atoms with Crippen molar-refractivity contribution in [3.63, 3.8) is 0 Å². The summed E-state index contributed by atoms with van der Waals surface area (Å²) in [7, 11) is 2.04. The predicted octanol–water partition coefficient (Wildman–Crippen LogP) is 3.25. The summed E-state index contributed by atoms with van der Waals surface area (Å²) in [5, 5.41) is 10.7. The zero-order valence-corrected chi connectivity index (χ0v) is 13.7. The molecule has 0 aliphatic carbocycles. The highest BCUT2D eigenvalue weighted by Gasteiger charge is 2.17. The average molecular weight is 331 g/mol. The summed E-state index contributed by atoms with van der Waals surface area (Å²) in [4.78, 5) is 16.9. The minimum atomic E-state index is -0.424. The number of aromatic nitrogens is 1. The Balaban J connectivity index is 1.59. The van der Waals surface area contributed by atoms with E-state index in [4.69, 9.17) is 9.15 Å². The van der Waals surface area contributed by atoms with Crippen LogP contribution in [0.4, 0.5) is 5.69 Å². The summed E-state index contributed by atoms with van der Waals surface area (Å²) in [5.41, 5.74) is 1.62. The van der Waals surface area contributed by atoms with Crippen molar-refractivity contribution in [1.29, 1.82) is 0 Å². The van der Waals surface area contributed by atoms with Crippen molar-refractivity contribution in [3.05, 3.63) is 46.3 Å². The van der Waals surface area contributed by atoms with E-state index < -0.39 is 4.92 Å². The molecular weight excluding hydrogens is 310 g/mol. The van der Waals surface area contributed by atoms with Gasteiger partial charge < -0.3 is 9.15 Å². The fourth-order valence-electron chi connectivity index (χ4n) is 2.88. The minimum absolute atomic E-state index is 0.0535. The van der Waals surface area contributed by atoms with Gasteiger partial charge in [0.05, 0.1) is 16.7 Å². The Hall–Kier alpha value is -2.25. The molecule has 7 heteroatoms. The van der Waals surface area contributed by atoms with Gasteiger partial charge in [-0.15, -0.1) is 0 Å². The third-order valence-electron chi connectivity index (χ3n) is 4.10. The quantitative estimate of drug-likeness (QED) is 0.597. The Morgan fingerprint density at radius 2 is 2.12 bits per heavy atom. The number of nitro benzene ring substituents is 1. The van der Waals surface area contributed by atoms with Crippen molar-refractivity contribution >= 4 is 5.69 Å². The number of hydrogen-bond acceptors (Lipinski definition) is 6. The third-order valence-corrected chi connectivity index (χ3v) is 4.10. The van der Waals surface area contributed by atoms with Gasteiger partial charge in [-0.1, -0.05) is 0 Å². The fraction of sp³-hybridized carbons (Fsp3) is 0.471. The molecule has 2 heterocycles. The van der Waals surface area contributed by atoms with E-state index in [1.54, 1.807) is 18.4 Å². The number of rotatable bonds is 6. The molecule has 0 bridgehead atoms. The topological polar surface area (TPSA) is 81.6 Å². The highest BCUT2D eigenvalue weighted by atomic mass is 16.6. The van der Waals surface area contributed by atoms with Crippen LogP contribution in [0.2, 0.25) is 0 Å². The first-order valence-electron chi connectivity index (χ1n) is 8.11. The Kier molecular flexibility index (Phi) is 5.22. The molecule has 1 unspecified atom stereocenters. The van der Waals surface area contributed by atoms with Crippen molar-refractivity contribution < 1.29 is 14.1 Å². The van der Waals surface area contributed by atoms with Crippen LogP contribution in [-0.4, -0.2) is 41.1 Å². The molecule has 24 heavy (non-hydrogen) atoms. The zero-order chi connectivity index (χ0) is 16.9. The van der Waals surface area contributed by atoms with Crippen LogP contribution in [0, 0.1) is 10.1 Å². The number of hydrogen-bond donors (Lipinski definition) is 0. The molecule has 1 aromatic carbocycles. The molecule has 1 atom stereocenters. The second-order valence-corrected chi connectivity index (χ2v) is 6.13.